The van der Waals surface area contributed by atoms with Gasteiger partial charge in [0, 0.05) is 11.1 Å². The first-order valence-corrected chi connectivity index (χ1v) is 5.26. The Kier molecular flexibility index (Phi) is 3.10. The Hall–Kier alpha value is -1.36. The van der Waals surface area contributed by atoms with Crippen LogP contribution in [0.25, 0.3) is 0 Å². The third-order valence-corrected chi connectivity index (χ3v) is 3.25. The van der Waals surface area contributed by atoms with Crippen molar-refractivity contribution >= 4 is 11.7 Å². The first-order chi connectivity index (χ1) is 7.16. The van der Waals surface area contributed by atoms with Crippen LogP contribution in [0.5, 0.6) is 0 Å². The first-order valence-electron chi connectivity index (χ1n) is 5.26. The van der Waals surface area contributed by atoms with E-state index < -0.39 is 11.0 Å². The van der Waals surface area contributed by atoms with Crippen molar-refractivity contribution in [1.82, 2.24) is 10.2 Å². The van der Waals surface area contributed by atoms with E-state index in [0.717, 1.165) is 5.56 Å². The van der Waals surface area contributed by atoms with Gasteiger partial charge in [0.05, 0.1) is 11.6 Å². The van der Waals surface area contributed by atoms with Crippen molar-refractivity contribution in [2.45, 2.75) is 40.2 Å². The van der Waals surface area contributed by atoms with E-state index in [4.69, 9.17) is 5.73 Å². The van der Waals surface area contributed by atoms with Crippen LogP contribution in [0, 0.1) is 12.3 Å². The largest absolute Gasteiger partial charge is 0.325 e. The lowest BCUT2D eigenvalue weighted by molar-refractivity contribution is -0.126. The van der Waals surface area contributed by atoms with E-state index in [0.29, 0.717) is 5.82 Å². The van der Waals surface area contributed by atoms with Crippen molar-refractivity contribution in [1.29, 1.82) is 0 Å². The van der Waals surface area contributed by atoms with Gasteiger partial charge in [-0.2, -0.15) is 5.10 Å². The van der Waals surface area contributed by atoms with Crippen molar-refractivity contribution in [3.8, 4) is 0 Å². The molecule has 1 rings (SSSR count). The van der Waals surface area contributed by atoms with Crippen LogP contribution < -0.4 is 11.1 Å². The molecule has 0 unspecified atom stereocenters. The standard InChI is InChI=1S/C11H20N4O/c1-7-6-13-15-8(7)14-9(16)10(2,3)11(4,5)12/h6H,12H2,1-5H3,(H2,13,14,15,16). The number of nitrogens with zero attached hydrogens (tertiary/aromatic N) is 1. The summed E-state index contributed by atoms with van der Waals surface area (Å²) < 4.78 is 0. The SMILES string of the molecule is Cc1cn[nH]c1NC(=O)C(C)(C)C(C)(C)N. The Morgan fingerprint density at radius 1 is 1.44 bits per heavy atom. The molecule has 0 radical (unpaired) electrons. The minimum atomic E-state index is -0.662. The second-order valence-electron chi connectivity index (χ2n) is 5.23. The van der Waals surface area contributed by atoms with Crippen molar-refractivity contribution in [2.24, 2.45) is 11.1 Å². The molecule has 1 aromatic rings. The molecule has 0 spiro atoms. The molecule has 16 heavy (non-hydrogen) atoms. The fourth-order valence-corrected chi connectivity index (χ4v) is 1.04. The molecule has 90 valence electrons. The number of aromatic nitrogens is 2. The number of H-pyrrole nitrogens is 1. The number of aryl methyl sites for hydroxylation is 1. The van der Waals surface area contributed by atoms with Gasteiger partial charge in [-0.1, -0.05) is 0 Å². The van der Waals surface area contributed by atoms with E-state index >= 15 is 0 Å². The fourth-order valence-electron chi connectivity index (χ4n) is 1.04. The zero-order valence-corrected chi connectivity index (χ0v) is 10.5. The van der Waals surface area contributed by atoms with Crippen LogP contribution in [0.1, 0.15) is 33.3 Å². The molecule has 0 saturated heterocycles. The lowest BCUT2D eigenvalue weighted by Gasteiger charge is -2.36. The monoisotopic (exact) mass is 224 g/mol. The highest BCUT2D eigenvalue weighted by molar-refractivity contribution is 5.95. The molecule has 1 heterocycles. The molecule has 0 fully saturated rings. The number of hydrogen-bond donors (Lipinski definition) is 3. The minimum Gasteiger partial charge on any atom is -0.325 e. The second kappa shape index (κ2) is 3.90. The van der Waals surface area contributed by atoms with E-state index in [1.807, 2.05) is 34.6 Å². The highest BCUT2D eigenvalue weighted by Crippen LogP contribution is 2.29. The summed E-state index contributed by atoms with van der Waals surface area (Å²) in [6.45, 7) is 9.21. The van der Waals surface area contributed by atoms with Crippen LogP contribution in [0.15, 0.2) is 6.20 Å². The molecular formula is C11H20N4O. The normalized spacial score (nSPS) is 12.6. The average Bonchev–Trinajstić information content (AvgIpc) is 2.49. The second-order valence-corrected chi connectivity index (χ2v) is 5.23. The molecule has 0 aliphatic heterocycles. The number of nitrogens with two attached hydrogens (primary N) is 1. The molecule has 0 aliphatic carbocycles. The van der Waals surface area contributed by atoms with Crippen molar-refractivity contribution in [3.05, 3.63) is 11.8 Å². The number of carbonyl (C=O) groups excluding carboxylic acids is 1. The highest BCUT2D eigenvalue weighted by Gasteiger charge is 2.40. The van der Waals surface area contributed by atoms with Gasteiger partial charge in [0.15, 0.2) is 0 Å². The third-order valence-electron chi connectivity index (χ3n) is 3.25. The zero-order valence-electron chi connectivity index (χ0n) is 10.5. The van der Waals surface area contributed by atoms with Gasteiger partial charge in [-0.25, -0.2) is 0 Å². The molecule has 1 aromatic heterocycles. The maximum atomic E-state index is 12.1. The van der Waals surface area contributed by atoms with Gasteiger partial charge in [-0.15, -0.1) is 0 Å². The summed E-state index contributed by atoms with van der Waals surface area (Å²) in [6.07, 6.45) is 1.66. The zero-order chi connectivity index (χ0) is 12.6. The van der Waals surface area contributed by atoms with E-state index in [2.05, 4.69) is 15.5 Å². The summed E-state index contributed by atoms with van der Waals surface area (Å²) in [7, 11) is 0. The Labute approximate surface area is 95.8 Å². The summed E-state index contributed by atoms with van der Waals surface area (Å²) in [4.78, 5) is 12.1. The van der Waals surface area contributed by atoms with E-state index in [1.54, 1.807) is 6.20 Å². The Morgan fingerprint density at radius 2 is 2.00 bits per heavy atom. The van der Waals surface area contributed by atoms with Gasteiger partial charge in [0.1, 0.15) is 5.82 Å². The van der Waals surface area contributed by atoms with E-state index in [-0.39, 0.29) is 5.91 Å². The molecule has 0 saturated carbocycles. The van der Waals surface area contributed by atoms with Gasteiger partial charge in [0.25, 0.3) is 0 Å². The quantitative estimate of drug-likeness (QED) is 0.726. The van der Waals surface area contributed by atoms with Gasteiger partial charge in [-0.3, -0.25) is 9.89 Å². The Balaban J connectivity index is 2.85. The maximum Gasteiger partial charge on any atom is 0.233 e. The number of hydrogen-bond acceptors (Lipinski definition) is 3. The number of amides is 1. The Morgan fingerprint density at radius 3 is 2.38 bits per heavy atom. The minimum absolute atomic E-state index is 0.118. The van der Waals surface area contributed by atoms with Crippen LogP contribution in [-0.4, -0.2) is 21.6 Å². The first kappa shape index (κ1) is 12.7. The molecule has 0 aliphatic rings. The lowest BCUT2D eigenvalue weighted by Crippen LogP contribution is -2.53. The molecule has 5 heteroatoms. The van der Waals surface area contributed by atoms with E-state index in [9.17, 15) is 4.79 Å². The number of carbonyl (C=O) groups is 1. The van der Waals surface area contributed by atoms with Gasteiger partial charge < -0.3 is 11.1 Å². The van der Waals surface area contributed by atoms with Gasteiger partial charge in [-0.05, 0) is 34.6 Å². The van der Waals surface area contributed by atoms with Crippen molar-refractivity contribution < 1.29 is 4.79 Å². The summed E-state index contributed by atoms with van der Waals surface area (Å²) in [5.74, 6) is 0.509. The summed E-state index contributed by atoms with van der Waals surface area (Å²) in [6, 6.07) is 0. The van der Waals surface area contributed by atoms with E-state index in [1.165, 1.54) is 0 Å². The number of anilines is 1. The number of nitrogens with one attached hydrogen (secondary N) is 2. The molecule has 5 nitrogen and oxygen atoms in total. The fraction of sp³-hybridized carbons (Fsp3) is 0.636. The van der Waals surface area contributed by atoms with Gasteiger partial charge in [0.2, 0.25) is 5.91 Å². The predicted molar refractivity (Wildman–Crippen MR) is 64.0 cm³/mol. The molecule has 0 aromatic carbocycles. The predicted octanol–water partition coefficient (Wildman–Crippen LogP) is 1.42. The van der Waals surface area contributed by atoms with Crippen LogP contribution in [0.2, 0.25) is 0 Å². The van der Waals surface area contributed by atoms with Crippen LogP contribution in [0.3, 0.4) is 0 Å². The molecular weight excluding hydrogens is 204 g/mol. The molecule has 1 amide bonds. The molecule has 4 N–H and O–H groups in total. The summed E-state index contributed by atoms with van der Waals surface area (Å²) >= 11 is 0. The molecule has 0 atom stereocenters. The van der Waals surface area contributed by atoms with Crippen molar-refractivity contribution in [2.75, 3.05) is 5.32 Å². The highest BCUT2D eigenvalue weighted by atomic mass is 16.2. The number of rotatable bonds is 3. The third kappa shape index (κ3) is 2.24. The average molecular weight is 224 g/mol. The smallest absolute Gasteiger partial charge is 0.233 e. The van der Waals surface area contributed by atoms with Crippen LogP contribution in [-0.2, 0) is 4.79 Å². The molecule has 0 bridgehead atoms. The lowest BCUT2D eigenvalue weighted by atomic mass is 9.74. The summed E-state index contributed by atoms with van der Waals surface area (Å²) in [5.41, 5.74) is 5.64. The van der Waals surface area contributed by atoms with Crippen LogP contribution in [0.4, 0.5) is 5.82 Å². The van der Waals surface area contributed by atoms with Gasteiger partial charge >= 0.3 is 0 Å². The Bertz CT molecular complexity index is 387. The number of aromatic amines is 1. The van der Waals surface area contributed by atoms with Crippen LogP contribution >= 0.6 is 0 Å². The summed E-state index contributed by atoms with van der Waals surface area (Å²) in [5, 5.41) is 9.39. The topological polar surface area (TPSA) is 83.8 Å². The maximum absolute atomic E-state index is 12.1. The van der Waals surface area contributed by atoms with Crippen molar-refractivity contribution in [3.63, 3.8) is 0 Å².